The molecule has 0 aliphatic carbocycles. The molecule has 0 aliphatic rings. The molecule has 0 N–H and O–H groups in total. The van der Waals surface area contributed by atoms with E-state index < -0.39 is 0 Å². The predicted octanol–water partition coefficient (Wildman–Crippen LogP) is 2.01. The summed E-state index contributed by atoms with van der Waals surface area (Å²) in [7, 11) is 0.0580. The molecule has 7 heteroatoms. The van der Waals surface area contributed by atoms with Gasteiger partial charge in [0.05, 0.1) is 18.0 Å². The van der Waals surface area contributed by atoms with Crippen molar-refractivity contribution >= 4 is 56.5 Å². The Labute approximate surface area is 118 Å². The Hall–Kier alpha value is 0.0438. The lowest BCUT2D eigenvalue weighted by molar-refractivity contribution is 0.0538. The third-order valence-corrected chi connectivity index (χ3v) is 7.88. The van der Waals surface area contributed by atoms with Gasteiger partial charge in [0.1, 0.15) is 12.2 Å². The van der Waals surface area contributed by atoms with Crippen molar-refractivity contribution in [3.05, 3.63) is 16.0 Å². The molecule has 0 amide bonds. The molecule has 0 saturated carbocycles. The first-order chi connectivity index (χ1) is 8.22. The van der Waals surface area contributed by atoms with E-state index in [-0.39, 0.29) is 19.0 Å². The van der Waals surface area contributed by atoms with Crippen LogP contribution in [0.25, 0.3) is 10.2 Å². The van der Waals surface area contributed by atoms with Gasteiger partial charge in [0.2, 0.25) is 0 Å². The zero-order chi connectivity index (χ0) is 12.3. The normalized spacial score (nSPS) is 14.8. The number of hydrogen-bond donors (Lipinski definition) is 0. The fourth-order valence-electron chi connectivity index (χ4n) is 1.81. The highest BCUT2D eigenvalue weighted by Gasteiger charge is 2.08. The van der Waals surface area contributed by atoms with Crippen LogP contribution in [0.3, 0.4) is 0 Å². The molecular weight excluding hydrogens is 332 g/mol. The lowest BCUT2D eigenvalue weighted by atomic mass is 10.5. The van der Waals surface area contributed by atoms with Gasteiger partial charge in [0, 0.05) is 21.4 Å². The number of halogens is 1. The minimum Gasteiger partial charge on any atom is -0.360 e. The second kappa shape index (κ2) is 6.28. The summed E-state index contributed by atoms with van der Waals surface area (Å²) < 4.78 is 10.2. The van der Waals surface area contributed by atoms with Gasteiger partial charge in [0.25, 0.3) is 0 Å². The van der Waals surface area contributed by atoms with E-state index >= 15 is 0 Å². The van der Waals surface area contributed by atoms with Crippen molar-refractivity contribution in [2.24, 2.45) is 0 Å². The molecule has 2 rings (SSSR count). The molecule has 0 fully saturated rings. The highest BCUT2D eigenvalue weighted by molar-refractivity contribution is 9.11. The van der Waals surface area contributed by atoms with Crippen LogP contribution in [0.5, 0.6) is 0 Å². The van der Waals surface area contributed by atoms with Crippen molar-refractivity contribution < 1.29 is 4.74 Å². The highest BCUT2D eigenvalue weighted by Crippen LogP contribution is 2.28. The van der Waals surface area contributed by atoms with Crippen LogP contribution >= 0.6 is 27.3 Å². The molecule has 3 nitrogen and oxygen atoms in total. The number of fused-ring (bicyclic) bond motifs is 1. The number of ether oxygens (including phenoxy) is 1. The Morgan fingerprint density at radius 3 is 3.06 bits per heavy atom. The molecule has 2 aromatic heterocycles. The van der Waals surface area contributed by atoms with Crippen LogP contribution in [0, 0.1) is 0 Å². The van der Waals surface area contributed by atoms with Crippen LogP contribution in [0.4, 0.5) is 0 Å². The Kier molecular flexibility index (Phi) is 4.98. The van der Waals surface area contributed by atoms with Crippen LogP contribution in [0.1, 0.15) is 0 Å². The summed E-state index contributed by atoms with van der Waals surface area (Å²) in [4.78, 5) is 0. The van der Waals surface area contributed by atoms with E-state index in [1.807, 2.05) is 4.68 Å². The van der Waals surface area contributed by atoms with Gasteiger partial charge >= 0.3 is 0 Å². The molecule has 0 radical (unpaired) electrons. The average Bonchev–Trinajstić information content (AvgIpc) is 2.80. The Morgan fingerprint density at radius 1 is 1.59 bits per heavy atom. The molecule has 17 heavy (non-hydrogen) atoms. The molecule has 0 bridgehead atoms. The van der Waals surface area contributed by atoms with E-state index in [4.69, 9.17) is 4.74 Å². The summed E-state index contributed by atoms with van der Waals surface area (Å²) in [6.45, 7) is 5.29. The van der Waals surface area contributed by atoms with Crippen LogP contribution in [-0.2, 0) is 11.5 Å². The molecule has 1 atom stereocenters. The number of hydrogen-bond acceptors (Lipinski definition) is 3. The van der Waals surface area contributed by atoms with Crippen LogP contribution in [-0.4, -0.2) is 34.5 Å². The topological polar surface area (TPSA) is 27.1 Å². The van der Waals surface area contributed by atoms with Gasteiger partial charge in [0.15, 0.2) is 0 Å². The lowest BCUT2D eigenvalue weighted by Crippen LogP contribution is -2.21. The van der Waals surface area contributed by atoms with E-state index in [1.54, 1.807) is 11.3 Å². The molecule has 94 valence electrons. The molecular formula is C10H17BrN2OSSi2. The molecule has 2 aromatic rings. The summed E-state index contributed by atoms with van der Waals surface area (Å²) in [5.41, 5.74) is 1.61. The summed E-state index contributed by atoms with van der Waals surface area (Å²) >= 11 is 5.19. The monoisotopic (exact) mass is 348 g/mol. The highest BCUT2D eigenvalue weighted by atomic mass is 79.9. The zero-order valence-corrected chi connectivity index (χ0v) is 15.4. The van der Waals surface area contributed by atoms with Crippen molar-refractivity contribution in [2.75, 3.05) is 0 Å². The maximum atomic E-state index is 5.94. The summed E-state index contributed by atoms with van der Waals surface area (Å²) in [5, 5.41) is 4.50. The number of thiophene rings is 1. The first kappa shape index (κ1) is 13.5. The molecule has 0 aromatic carbocycles. The molecule has 1 unspecified atom stereocenters. The lowest BCUT2D eigenvalue weighted by Gasteiger charge is -2.14. The van der Waals surface area contributed by atoms with Crippen molar-refractivity contribution in [1.29, 1.82) is 0 Å². The van der Waals surface area contributed by atoms with Gasteiger partial charge in [-0.2, -0.15) is 5.10 Å². The van der Waals surface area contributed by atoms with Crippen LogP contribution < -0.4 is 0 Å². The maximum Gasteiger partial charge on any atom is 0.139 e. The molecule has 2 heterocycles. The largest absolute Gasteiger partial charge is 0.360 e. The second-order valence-electron chi connectivity index (χ2n) is 4.08. The van der Waals surface area contributed by atoms with E-state index in [2.05, 4.69) is 46.4 Å². The van der Waals surface area contributed by atoms with Gasteiger partial charge in [-0.15, -0.1) is 11.3 Å². The van der Waals surface area contributed by atoms with Crippen molar-refractivity contribution in [3.63, 3.8) is 0 Å². The summed E-state index contributed by atoms with van der Waals surface area (Å²) in [5.74, 6) is 0. The third kappa shape index (κ3) is 3.51. The Balaban J connectivity index is 1.96. The fraction of sp³-hybridized carbons (Fsp3) is 0.500. The van der Waals surface area contributed by atoms with Gasteiger partial charge in [-0.1, -0.05) is 13.1 Å². The van der Waals surface area contributed by atoms with E-state index in [0.717, 1.165) is 9.30 Å². The minimum atomic E-state index is -0.0548. The van der Waals surface area contributed by atoms with Gasteiger partial charge in [-0.3, -0.25) is 0 Å². The minimum absolute atomic E-state index is 0.0548. The summed E-state index contributed by atoms with van der Waals surface area (Å²) in [6, 6.07) is 3.38. The average molecular weight is 349 g/mol. The molecule has 0 spiro atoms. The van der Waals surface area contributed by atoms with E-state index in [0.29, 0.717) is 12.5 Å². The first-order valence-electron chi connectivity index (χ1n) is 5.97. The van der Waals surface area contributed by atoms with Crippen molar-refractivity contribution in [3.8, 4) is 0 Å². The van der Waals surface area contributed by atoms with Gasteiger partial charge < -0.3 is 4.74 Å². The Morgan fingerprint density at radius 2 is 2.41 bits per heavy atom. The van der Waals surface area contributed by atoms with Crippen molar-refractivity contribution in [1.82, 2.24) is 9.78 Å². The maximum absolute atomic E-state index is 5.94. The first-order valence-corrected chi connectivity index (χ1v) is 12.2. The Bertz CT molecular complexity index is 456. The predicted molar refractivity (Wildman–Crippen MR) is 83.8 cm³/mol. The molecule has 0 aliphatic heterocycles. The van der Waals surface area contributed by atoms with E-state index in [9.17, 15) is 0 Å². The number of rotatable bonds is 6. The molecule has 0 saturated heterocycles. The quantitative estimate of drug-likeness (QED) is 0.746. The second-order valence-corrected chi connectivity index (χ2v) is 9.85. The smallest absolute Gasteiger partial charge is 0.139 e. The van der Waals surface area contributed by atoms with Crippen LogP contribution in [0.15, 0.2) is 16.0 Å². The fourth-order valence-corrected chi connectivity index (χ4v) is 7.32. The number of aromatic nitrogens is 2. The van der Waals surface area contributed by atoms with Crippen LogP contribution in [0.2, 0.25) is 19.1 Å². The number of nitrogens with zero attached hydrogens (tertiary/aromatic N) is 2. The summed E-state index contributed by atoms with van der Waals surface area (Å²) in [6.07, 6.45) is 2.07. The van der Waals surface area contributed by atoms with Gasteiger partial charge in [-0.25, -0.2) is 4.68 Å². The standard InChI is InChI=1S/C10H17BrN2OSSi2/c1-16-5-10(17-2)14-6-13-4-8-7(12-13)3-9(11)15-8/h3-4,10H,5-6,16-17H2,1-2H3. The SMILES string of the molecule is C[SiH2]CC(OCn1cc2sc(Br)cc2n1)[SiH2]C. The van der Waals surface area contributed by atoms with E-state index in [1.165, 1.54) is 10.7 Å². The van der Waals surface area contributed by atoms with Gasteiger partial charge in [-0.05, 0) is 28.0 Å². The van der Waals surface area contributed by atoms with Crippen molar-refractivity contribution in [2.45, 2.75) is 31.6 Å². The zero-order valence-electron chi connectivity index (χ0n) is 10.1. The third-order valence-electron chi connectivity index (χ3n) is 2.72.